The van der Waals surface area contributed by atoms with Gasteiger partial charge in [0.25, 0.3) is 0 Å². The maximum absolute atomic E-state index is 11.9. The molecule has 1 nitrogen and oxygen atoms in total. The van der Waals surface area contributed by atoms with E-state index in [1.807, 2.05) is 18.2 Å². The van der Waals surface area contributed by atoms with E-state index in [-0.39, 0.29) is 30.6 Å². The van der Waals surface area contributed by atoms with E-state index in [2.05, 4.69) is 0 Å². The lowest BCUT2D eigenvalue weighted by Crippen LogP contribution is -3.00. The summed E-state index contributed by atoms with van der Waals surface area (Å²) in [6.45, 7) is 0. The maximum Gasteiger partial charge on any atom is 0.193 e. The van der Waals surface area contributed by atoms with Crippen LogP contribution in [0.3, 0.4) is 0 Å². The molecule has 0 aromatic heterocycles. The molecule has 4 heteroatoms. The molecule has 0 aliphatic carbocycles. The van der Waals surface area contributed by atoms with Gasteiger partial charge in [-0.25, -0.2) is 0 Å². The molecule has 0 aliphatic heterocycles. The van der Waals surface area contributed by atoms with Gasteiger partial charge in [0.1, 0.15) is 0 Å². The first-order valence-electron chi connectivity index (χ1n) is 4.63. The standard InChI is InChI=1S/C13H9ClO.2ClH/c14-12-8-6-11(7-9-12)13(15)10-4-2-1-3-5-10;;/h1-9H;2*1H/p-2. The Morgan fingerprint density at radius 2 is 1.24 bits per heavy atom. The topological polar surface area (TPSA) is 17.1 Å². The largest absolute Gasteiger partial charge is 1.00 e. The average molecular weight is 288 g/mol. The van der Waals surface area contributed by atoms with Gasteiger partial charge in [0.05, 0.1) is 0 Å². The van der Waals surface area contributed by atoms with Crippen molar-refractivity contribution in [3.63, 3.8) is 0 Å². The van der Waals surface area contributed by atoms with Crippen LogP contribution in [0.15, 0.2) is 54.6 Å². The third-order valence-electron chi connectivity index (χ3n) is 2.14. The van der Waals surface area contributed by atoms with Gasteiger partial charge in [-0.3, -0.25) is 4.79 Å². The Bertz CT molecular complexity index is 466. The van der Waals surface area contributed by atoms with Crippen LogP contribution in [0.2, 0.25) is 5.02 Å². The highest BCUT2D eigenvalue weighted by Gasteiger charge is 2.07. The van der Waals surface area contributed by atoms with E-state index in [0.717, 1.165) is 0 Å². The second kappa shape index (κ2) is 7.33. The molecule has 0 heterocycles. The first-order chi connectivity index (χ1) is 7.27. The fourth-order valence-corrected chi connectivity index (χ4v) is 1.48. The summed E-state index contributed by atoms with van der Waals surface area (Å²) < 4.78 is 0. The van der Waals surface area contributed by atoms with E-state index in [4.69, 9.17) is 11.6 Å². The molecule has 0 unspecified atom stereocenters. The van der Waals surface area contributed by atoms with Crippen molar-refractivity contribution in [1.82, 2.24) is 0 Å². The highest BCUT2D eigenvalue weighted by molar-refractivity contribution is 6.30. The van der Waals surface area contributed by atoms with Crippen LogP contribution < -0.4 is 24.8 Å². The number of benzene rings is 2. The molecule has 0 aliphatic rings. The molecule has 0 radical (unpaired) electrons. The minimum Gasteiger partial charge on any atom is -1.00 e. The van der Waals surface area contributed by atoms with Crippen molar-refractivity contribution in [2.45, 2.75) is 0 Å². The van der Waals surface area contributed by atoms with Gasteiger partial charge in [-0.05, 0) is 24.3 Å². The number of hydrogen-bond donors (Lipinski definition) is 0. The summed E-state index contributed by atoms with van der Waals surface area (Å²) in [6.07, 6.45) is 0. The van der Waals surface area contributed by atoms with Gasteiger partial charge in [-0.2, -0.15) is 0 Å². The van der Waals surface area contributed by atoms with E-state index in [1.165, 1.54) is 0 Å². The molecule has 0 bridgehead atoms. The second-order valence-electron chi connectivity index (χ2n) is 3.20. The Balaban J connectivity index is 0.00000128. The van der Waals surface area contributed by atoms with Crippen LogP contribution in [0.5, 0.6) is 0 Å². The Kier molecular flexibility index (Phi) is 6.89. The number of hydrogen-bond acceptors (Lipinski definition) is 1. The van der Waals surface area contributed by atoms with E-state index in [0.29, 0.717) is 16.1 Å². The summed E-state index contributed by atoms with van der Waals surface area (Å²) in [5.41, 5.74) is 1.35. The summed E-state index contributed by atoms with van der Waals surface area (Å²) in [5.74, 6) is 0.0206. The molecule has 2 aromatic rings. The lowest BCUT2D eigenvalue weighted by molar-refractivity contribution is -0.001000. The van der Waals surface area contributed by atoms with E-state index >= 15 is 0 Å². The van der Waals surface area contributed by atoms with Crippen LogP contribution in [0.1, 0.15) is 15.9 Å². The molecule has 0 N–H and O–H groups in total. The van der Waals surface area contributed by atoms with Crippen molar-refractivity contribution in [3.8, 4) is 0 Å². The third-order valence-corrected chi connectivity index (χ3v) is 2.39. The number of carbonyl (C=O) groups excluding carboxylic acids is 1. The van der Waals surface area contributed by atoms with Crippen molar-refractivity contribution in [2.24, 2.45) is 0 Å². The fourth-order valence-electron chi connectivity index (χ4n) is 1.36. The van der Waals surface area contributed by atoms with Gasteiger partial charge in [-0.1, -0.05) is 41.9 Å². The van der Waals surface area contributed by atoms with Crippen molar-refractivity contribution in [2.75, 3.05) is 0 Å². The van der Waals surface area contributed by atoms with Gasteiger partial charge in [-0.15, -0.1) is 0 Å². The lowest BCUT2D eigenvalue weighted by atomic mass is 10.0. The first kappa shape index (κ1) is 16.0. The van der Waals surface area contributed by atoms with E-state index < -0.39 is 0 Å². The van der Waals surface area contributed by atoms with Crippen LogP contribution in [0, 0.1) is 0 Å². The maximum atomic E-state index is 11.9. The molecule has 17 heavy (non-hydrogen) atoms. The molecule has 90 valence electrons. The molecule has 0 saturated carbocycles. The monoisotopic (exact) mass is 286 g/mol. The van der Waals surface area contributed by atoms with Gasteiger partial charge in [0.15, 0.2) is 5.78 Å². The van der Waals surface area contributed by atoms with Crippen molar-refractivity contribution in [3.05, 3.63) is 70.7 Å². The van der Waals surface area contributed by atoms with Crippen LogP contribution >= 0.6 is 11.6 Å². The van der Waals surface area contributed by atoms with Gasteiger partial charge in [0.2, 0.25) is 0 Å². The molecule has 2 aromatic carbocycles. The number of rotatable bonds is 2. The minimum atomic E-state index is 0. The zero-order chi connectivity index (χ0) is 10.7. The van der Waals surface area contributed by atoms with Crippen LogP contribution in [0.4, 0.5) is 0 Å². The van der Waals surface area contributed by atoms with Gasteiger partial charge < -0.3 is 24.8 Å². The molecular weight excluding hydrogens is 279 g/mol. The Hall–Kier alpha value is -1.02. The summed E-state index contributed by atoms with van der Waals surface area (Å²) >= 11 is 5.75. The van der Waals surface area contributed by atoms with Crippen molar-refractivity contribution < 1.29 is 29.6 Å². The predicted molar refractivity (Wildman–Crippen MR) is 61.3 cm³/mol. The highest BCUT2D eigenvalue weighted by atomic mass is 35.5. The minimum absolute atomic E-state index is 0. The zero-order valence-electron chi connectivity index (χ0n) is 8.74. The zero-order valence-corrected chi connectivity index (χ0v) is 11.0. The van der Waals surface area contributed by atoms with Gasteiger partial charge >= 0.3 is 0 Å². The first-order valence-corrected chi connectivity index (χ1v) is 5.00. The SMILES string of the molecule is O=C(c1ccccc1)c1ccc(Cl)cc1.[Cl-].[Cl-]. The lowest BCUT2D eigenvalue weighted by Gasteiger charge is -2.00. The molecular formula is C13H9Cl3O-2. The van der Waals surface area contributed by atoms with Crippen LogP contribution in [-0.4, -0.2) is 5.78 Å². The quantitative estimate of drug-likeness (QED) is 0.562. The summed E-state index contributed by atoms with van der Waals surface area (Å²) in [7, 11) is 0. The van der Waals surface area contributed by atoms with Crippen LogP contribution in [0.25, 0.3) is 0 Å². The van der Waals surface area contributed by atoms with Crippen LogP contribution in [-0.2, 0) is 0 Å². The smallest absolute Gasteiger partial charge is 0.193 e. The Morgan fingerprint density at radius 1 is 0.765 bits per heavy atom. The molecule has 0 atom stereocenters. The molecule has 2 rings (SSSR count). The summed E-state index contributed by atoms with van der Waals surface area (Å²) in [6, 6.07) is 16.1. The highest BCUT2D eigenvalue weighted by Crippen LogP contribution is 2.13. The fraction of sp³-hybridized carbons (Fsp3) is 0. The summed E-state index contributed by atoms with van der Waals surface area (Å²) in [5, 5.41) is 0.639. The van der Waals surface area contributed by atoms with E-state index in [1.54, 1.807) is 36.4 Å². The summed E-state index contributed by atoms with van der Waals surface area (Å²) in [4.78, 5) is 11.9. The van der Waals surface area contributed by atoms with Crippen molar-refractivity contribution >= 4 is 17.4 Å². The van der Waals surface area contributed by atoms with Crippen molar-refractivity contribution in [1.29, 1.82) is 0 Å². The average Bonchev–Trinajstić information content (AvgIpc) is 2.30. The van der Waals surface area contributed by atoms with E-state index in [9.17, 15) is 4.79 Å². The number of carbonyl (C=O) groups is 1. The third kappa shape index (κ3) is 4.04. The molecule has 0 spiro atoms. The molecule has 0 fully saturated rings. The Labute approximate surface area is 118 Å². The second-order valence-corrected chi connectivity index (χ2v) is 3.64. The molecule has 0 saturated heterocycles. The predicted octanol–water partition coefficient (Wildman–Crippen LogP) is -2.42. The molecule has 0 amide bonds. The number of halogens is 3. The van der Waals surface area contributed by atoms with Gasteiger partial charge in [0, 0.05) is 16.1 Å². The Morgan fingerprint density at radius 3 is 1.76 bits per heavy atom. The number of ketones is 1. The normalized spacial score (nSPS) is 8.76.